The van der Waals surface area contributed by atoms with E-state index < -0.39 is 0 Å². The predicted octanol–water partition coefficient (Wildman–Crippen LogP) is 2.01. The Hall–Kier alpha value is -1.97. The zero-order chi connectivity index (χ0) is 14.4. The van der Waals surface area contributed by atoms with Gasteiger partial charge in [0.15, 0.2) is 5.78 Å². The van der Waals surface area contributed by atoms with E-state index in [0.717, 1.165) is 5.56 Å². The van der Waals surface area contributed by atoms with Gasteiger partial charge in [0.1, 0.15) is 0 Å². The van der Waals surface area contributed by atoms with Crippen LogP contribution in [0.4, 0.5) is 0 Å². The summed E-state index contributed by atoms with van der Waals surface area (Å²) >= 11 is 0. The fourth-order valence-electron chi connectivity index (χ4n) is 2.22. The summed E-state index contributed by atoms with van der Waals surface area (Å²) in [4.78, 5) is 11.6. The Morgan fingerprint density at radius 1 is 1.05 bits per heavy atom. The van der Waals surface area contributed by atoms with Crippen LogP contribution in [0.25, 0.3) is 11.1 Å². The summed E-state index contributed by atoms with van der Waals surface area (Å²) in [6.07, 6.45) is 0.668. The maximum Gasteiger partial charge on any atom is 0.163 e. The van der Waals surface area contributed by atoms with Crippen molar-refractivity contribution in [3.05, 3.63) is 60.2 Å². The van der Waals surface area contributed by atoms with Crippen LogP contribution in [-0.2, 0) is 11.2 Å². The molecule has 3 heteroatoms. The van der Waals surface area contributed by atoms with Crippen LogP contribution in [-0.4, -0.2) is 25.4 Å². The molecular formula is C17H20N2O. The fourth-order valence-corrected chi connectivity index (χ4v) is 2.22. The number of nitrogens with one attached hydrogen (secondary N) is 1. The monoisotopic (exact) mass is 268 g/mol. The fraction of sp³-hybridized carbons (Fsp3) is 0.235. The summed E-state index contributed by atoms with van der Waals surface area (Å²) < 4.78 is 0. The maximum atomic E-state index is 11.6. The molecule has 2 aromatic rings. The Kier molecular flexibility index (Phi) is 5.04. The van der Waals surface area contributed by atoms with Gasteiger partial charge in [0, 0.05) is 0 Å². The number of hydrogen-bond donors (Lipinski definition) is 2. The summed E-state index contributed by atoms with van der Waals surface area (Å²) in [5.41, 5.74) is 8.92. The molecule has 0 fully saturated rings. The van der Waals surface area contributed by atoms with E-state index in [9.17, 15) is 4.79 Å². The quantitative estimate of drug-likeness (QED) is 0.842. The zero-order valence-electron chi connectivity index (χ0n) is 11.7. The van der Waals surface area contributed by atoms with Crippen molar-refractivity contribution in [2.24, 2.45) is 5.73 Å². The molecule has 1 atom stereocenters. The topological polar surface area (TPSA) is 55.1 Å². The number of carbonyl (C=O) groups is 1. The molecular weight excluding hydrogens is 248 g/mol. The second kappa shape index (κ2) is 6.98. The number of ketones is 1. The van der Waals surface area contributed by atoms with Crippen LogP contribution in [0.5, 0.6) is 0 Å². The summed E-state index contributed by atoms with van der Waals surface area (Å²) in [5.74, 6) is 0.0413. The Morgan fingerprint density at radius 3 is 2.20 bits per heavy atom. The lowest BCUT2D eigenvalue weighted by Crippen LogP contribution is -2.39. The molecule has 0 aliphatic heterocycles. The second-order valence-electron chi connectivity index (χ2n) is 4.78. The molecule has 0 aliphatic carbocycles. The highest BCUT2D eigenvalue weighted by atomic mass is 16.1. The van der Waals surface area contributed by atoms with Crippen molar-refractivity contribution in [1.82, 2.24) is 5.32 Å². The number of hydrogen-bond acceptors (Lipinski definition) is 3. The molecule has 0 aliphatic rings. The molecule has 0 radical (unpaired) electrons. The van der Waals surface area contributed by atoms with Gasteiger partial charge in [-0.15, -0.1) is 0 Å². The van der Waals surface area contributed by atoms with Gasteiger partial charge in [-0.2, -0.15) is 0 Å². The number of nitrogens with two attached hydrogens (primary N) is 1. The van der Waals surface area contributed by atoms with Gasteiger partial charge in [-0.1, -0.05) is 54.6 Å². The Bertz CT molecular complexity index is 549. The first-order valence-electron chi connectivity index (χ1n) is 6.79. The lowest BCUT2D eigenvalue weighted by molar-refractivity contribution is -0.119. The lowest BCUT2D eigenvalue weighted by atomic mass is 9.99. The third-order valence-electron chi connectivity index (χ3n) is 3.44. The standard InChI is InChI=1S/C17H20N2O/c1-19-16(17(20)12-18)11-13-7-9-15(10-8-13)14-5-3-2-4-6-14/h2-10,16,19H,11-12,18H2,1H3/t16-/m0/s1. The van der Waals surface area contributed by atoms with Gasteiger partial charge in [0.25, 0.3) is 0 Å². The number of likely N-dealkylation sites (N-methyl/N-ethyl adjacent to an activating group) is 1. The van der Waals surface area contributed by atoms with Gasteiger partial charge < -0.3 is 11.1 Å². The van der Waals surface area contributed by atoms with Gasteiger partial charge in [-0.25, -0.2) is 0 Å². The summed E-state index contributed by atoms with van der Waals surface area (Å²) in [5, 5.41) is 3.02. The highest BCUT2D eigenvalue weighted by Gasteiger charge is 2.14. The van der Waals surface area contributed by atoms with E-state index in [1.807, 2.05) is 18.2 Å². The van der Waals surface area contributed by atoms with Crippen LogP contribution < -0.4 is 11.1 Å². The van der Waals surface area contributed by atoms with E-state index >= 15 is 0 Å². The third kappa shape index (κ3) is 3.53. The minimum absolute atomic E-state index is 0.0413. The minimum atomic E-state index is -0.206. The second-order valence-corrected chi connectivity index (χ2v) is 4.78. The molecule has 2 aromatic carbocycles. The van der Waals surface area contributed by atoms with Crippen molar-refractivity contribution >= 4 is 5.78 Å². The minimum Gasteiger partial charge on any atom is -0.324 e. The largest absolute Gasteiger partial charge is 0.324 e. The van der Waals surface area contributed by atoms with Crippen LogP contribution in [0, 0.1) is 0 Å². The molecule has 0 unspecified atom stereocenters. The van der Waals surface area contributed by atoms with E-state index in [-0.39, 0.29) is 18.4 Å². The van der Waals surface area contributed by atoms with Crippen LogP contribution in [0.1, 0.15) is 5.56 Å². The Labute approximate surface area is 119 Å². The van der Waals surface area contributed by atoms with Crippen molar-refractivity contribution in [2.45, 2.75) is 12.5 Å². The van der Waals surface area contributed by atoms with Crippen LogP contribution in [0.3, 0.4) is 0 Å². The van der Waals surface area contributed by atoms with Crippen molar-refractivity contribution in [3.63, 3.8) is 0 Å². The van der Waals surface area contributed by atoms with Crippen molar-refractivity contribution in [2.75, 3.05) is 13.6 Å². The van der Waals surface area contributed by atoms with Crippen LogP contribution in [0.15, 0.2) is 54.6 Å². The SMILES string of the molecule is CN[C@@H](Cc1ccc(-c2ccccc2)cc1)C(=O)CN. The van der Waals surface area contributed by atoms with Crippen molar-refractivity contribution < 1.29 is 4.79 Å². The van der Waals surface area contributed by atoms with Crippen LogP contribution in [0.2, 0.25) is 0 Å². The Morgan fingerprint density at radius 2 is 1.65 bits per heavy atom. The molecule has 20 heavy (non-hydrogen) atoms. The number of Topliss-reactive ketones (excluding diaryl/α,β-unsaturated/α-hetero) is 1. The molecule has 0 spiro atoms. The predicted molar refractivity (Wildman–Crippen MR) is 82.5 cm³/mol. The lowest BCUT2D eigenvalue weighted by Gasteiger charge is -2.14. The molecule has 0 amide bonds. The molecule has 0 aromatic heterocycles. The molecule has 0 saturated heterocycles. The molecule has 3 nitrogen and oxygen atoms in total. The molecule has 0 heterocycles. The highest BCUT2D eigenvalue weighted by molar-refractivity contribution is 5.86. The van der Waals surface area contributed by atoms with Gasteiger partial charge in [-0.05, 0) is 30.2 Å². The average molecular weight is 268 g/mol. The number of carbonyl (C=O) groups excluding carboxylic acids is 1. The van der Waals surface area contributed by atoms with E-state index in [2.05, 4.69) is 41.7 Å². The van der Waals surface area contributed by atoms with Gasteiger partial charge in [0.05, 0.1) is 12.6 Å². The van der Waals surface area contributed by atoms with Gasteiger partial charge >= 0.3 is 0 Å². The molecule has 0 saturated carbocycles. The third-order valence-corrected chi connectivity index (χ3v) is 3.44. The maximum absolute atomic E-state index is 11.6. The number of rotatable bonds is 6. The van der Waals surface area contributed by atoms with E-state index in [1.54, 1.807) is 7.05 Å². The molecule has 3 N–H and O–H groups in total. The van der Waals surface area contributed by atoms with E-state index in [1.165, 1.54) is 11.1 Å². The van der Waals surface area contributed by atoms with Crippen LogP contribution >= 0.6 is 0 Å². The first kappa shape index (κ1) is 14.4. The highest BCUT2D eigenvalue weighted by Crippen LogP contribution is 2.19. The molecule has 104 valence electrons. The summed E-state index contributed by atoms with van der Waals surface area (Å²) in [6.45, 7) is 0.0770. The molecule has 0 bridgehead atoms. The first-order valence-corrected chi connectivity index (χ1v) is 6.79. The van der Waals surface area contributed by atoms with Gasteiger partial charge in [-0.3, -0.25) is 4.79 Å². The van der Waals surface area contributed by atoms with E-state index in [4.69, 9.17) is 5.73 Å². The van der Waals surface area contributed by atoms with Crippen molar-refractivity contribution in [1.29, 1.82) is 0 Å². The summed E-state index contributed by atoms with van der Waals surface area (Å²) in [7, 11) is 1.79. The average Bonchev–Trinajstić information content (AvgIpc) is 2.53. The first-order chi connectivity index (χ1) is 9.74. The van der Waals surface area contributed by atoms with Crippen molar-refractivity contribution in [3.8, 4) is 11.1 Å². The normalized spacial score (nSPS) is 12.1. The zero-order valence-corrected chi connectivity index (χ0v) is 11.7. The van der Waals surface area contributed by atoms with E-state index in [0.29, 0.717) is 6.42 Å². The van der Waals surface area contributed by atoms with Gasteiger partial charge in [0.2, 0.25) is 0 Å². The molecule has 2 rings (SSSR count). The number of benzene rings is 2. The smallest absolute Gasteiger partial charge is 0.163 e. The summed E-state index contributed by atoms with van der Waals surface area (Å²) in [6, 6.07) is 18.3. The Balaban J connectivity index is 2.10.